The average Bonchev–Trinajstić information content (AvgIpc) is 3.27. The number of aromatic nitrogens is 1. The fourth-order valence-corrected chi connectivity index (χ4v) is 3.73. The van der Waals surface area contributed by atoms with Crippen LogP contribution in [0.15, 0.2) is 22.9 Å². The summed E-state index contributed by atoms with van der Waals surface area (Å²) >= 11 is 1.64. The van der Waals surface area contributed by atoms with Gasteiger partial charge in [0, 0.05) is 24.8 Å². The molecule has 24 heavy (non-hydrogen) atoms. The second-order valence-electron chi connectivity index (χ2n) is 6.10. The van der Waals surface area contributed by atoms with E-state index in [1.165, 1.54) is 12.7 Å². The highest BCUT2D eigenvalue weighted by Gasteiger charge is 2.21. The molecule has 2 aromatic heterocycles. The van der Waals surface area contributed by atoms with Gasteiger partial charge in [0.25, 0.3) is 5.91 Å². The van der Waals surface area contributed by atoms with Crippen molar-refractivity contribution < 1.29 is 14.6 Å². The Bertz CT molecular complexity index is 701. The topological polar surface area (TPSA) is 71.5 Å². The molecule has 0 aromatic carbocycles. The largest absolute Gasteiger partial charge is 0.480 e. The van der Waals surface area contributed by atoms with Crippen molar-refractivity contribution in [3.05, 3.63) is 45.3 Å². The number of carbonyl (C=O) groups is 1. The molecular weight excluding hydrogens is 324 g/mol. The second kappa shape index (κ2) is 7.77. The Morgan fingerprint density at radius 1 is 1.50 bits per heavy atom. The van der Waals surface area contributed by atoms with Gasteiger partial charge in [-0.05, 0) is 59.7 Å². The van der Waals surface area contributed by atoms with Gasteiger partial charge in [-0.3, -0.25) is 4.79 Å². The molecule has 128 valence electrons. The molecule has 1 atom stereocenters. The summed E-state index contributed by atoms with van der Waals surface area (Å²) in [5.74, 6) is 0.182. The number of rotatable bonds is 7. The standard InChI is InChI=1S/C18H22N2O3S/c1-23-18-15(8-14-3-2-4-16(14)20-18)17(22)19-9-13(10-21)7-12-5-6-24-11-12/h5-6,8,11,13,21H,2-4,7,9-10H2,1H3,(H,19,22)/t13-/m1/s1. The van der Waals surface area contributed by atoms with Crippen LogP contribution >= 0.6 is 11.3 Å². The molecule has 1 amide bonds. The predicted molar refractivity (Wildman–Crippen MR) is 93.7 cm³/mol. The lowest BCUT2D eigenvalue weighted by atomic mass is 10.0. The molecule has 1 aliphatic carbocycles. The predicted octanol–water partition coefficient (Wildman–Crippen LogP) is 2.22. The second-order valence-corrected chi connectivity index (χ2v) is 6.88. The van der Waals surface area contributed by atoms with E-state index in [4.69, 9.17) is 4.74 Å². The summed E-state index contributed by atoms with van der Waals surface area (Å²) in [4.78, 5) is 17.0. The third kappa shape index (κ3) is 3.76. The van der Waals surface area contributed by atoms with E-state index >= 15 is 0 Å². The maximum absolute atomic E-state index is 12.5. The van der Waals surface area contributed by atoms with E-state index in [9.17, 15) is 9.90 Å². The quantitative estimate of drug-likeness (QED) is 0.806. The van der Waals surface area contributed by atoms with Crippen LogP contribution in [-0.4, -0.2) is 36.3 Å². The van der Waals surface area contributed by atoms with E-state index in [0.717, 1.165) is 36.9 Å². The van der Waals surface area contributed by atoms with Gasteiger partial charge in [0.2, 0.25) is 5.88 Å². The van der Waals surface area contributed by atoms with Gasteiger partial charge in [-0.15, -0.1) is 0 Å². The highest BCUT2D eigenvalue weighted by molar-refractivity contribution is 7.07. The number of hydrogen-bond acceptors (Lipinski definition) is 5. The fourth-order valence-electron chi connectivity index (χ4n) is 3.05. The van der Waals surface area contributed by atoms with Crippen molar-refractivity contribution in [3.8, 4) is 5.88 Å². The van der Waals surface area contributed by atoms with E-state index in [2.05, 4.69) is 15.7 Å². The molecule has 0 radical (unpaired) electrons. The van der Waals surface area contributed by atoms with Gasteiger partial charge < -0.3 is 15.2 Å². The summed E-state index contributed by atoms with van der Waals surface area (Å²) in [5.41, 5.74) is 3.84. The lowest BCUT2D eigenvalue weighted by Crippen LogP contribution is -2.32. The molecule has 0 bridgehead atoms. The zero-order valence-electron chi connectivity index (χ0n) is 13.7. The summed E-state index contributed by atoms with van der Waals surface area (Å²) in [5, 5.41) is 16.5. The Morgan fingerprint density at radius 3 is 3.08 bits per heavy atom. The number of aryl methyl sites for hydroxylation is 2. The fraction of sp³-hybridized carbons (Fsp3) is 0.444. The molecule has 5 nitrogen and oxygen atoms in total. The zero-order valence-corrected chi connectivity index (χ0v) is 14.6. The van der Waals surface area contributed by atoms with Gasteiger partial charge in [-0.2, -0.15) is 11.3 Å². The van der Waals surface area contributed by atoms with Crippen LogP contribution in [-0.2, 0) is 19.3 Å². The minimum Gasteiger partial charge on any atom is -0.480 e. The molecule has 0 spiro atoms. The summed E-state index contributed by atoms with van der Waals surface area (Å²) < 4.78 is 5.29. The third-order valence-corrected chi connectivity index (χ3v) is 5.10. The van der Waals surface area contributed by atoms with Crippen molar-refractivity contribution in [2.24, 2.45) is 5.92 Å². The lowest BCUT2D eigenvalue weighted by molar-refractivity contribution is 0.0936. The number of methoxy groups -OCH3 is 1. The third-order valence-electron chi connectivity index (χ3n) is 4.37. The van der Waals surface area contributed by atoms with E-state index in [-0.39, 0.29) is 18.4 Å². The zero-order chi connectivity index (χ0) is 16.9. The van der Waals surface area contributed by atoms with Crippen LogP contribution in [0.3, 0.4) is 0 Å². The molecule has 0 saturated carbocycles. The first-order chi connectivity index (χ1) is 11.7. The number of thiophene rings is 1. The Kier molecular flexibility index (Phi) is 5.48. The number of aliphatic hydroxyl groups is 1. The lowest BCUT2D eigenvalue weighted by Gasteiger charge is -2.15. The Morgan fingerprint density at radius 2 is 2.38 bits per heavy atom. The Balaban J connectivity index is 1.66. The van der Waals surface area contributed by atoms with Crippen molar-refractivity contribution in [2.75, 3.05) is 20.3 Å². The number of carbonyl (C=O) groups excluding carboxylic acids is 1. The summed E-state index contributed by atoms with van der Waals surface area (Å²) in [6.07, 6.45) is 3.73. The van der Waals surface area contributed by atoms with Crippen LogP contribution in [0, 0.1) is 5.92 Å². The van der Waals surface area contributed by atoms with E-state index in [0.29, 0.717) is 18.0 Å². The van der Waals surface area contributed by atoms with Crippen LogP contribution in [0.2, 0.25) is 0 Å². The Hall–Kier alpha value is -1.92. The SMILES string of the molecule is COc1nc2c(cc1C(=O)NC[C@H](CO)Cc1ccsc1)CCC2. The molecule has 2 aromatic rings. The van der Waals surface area contributed by atoms with E-state index in [1.54, 1.807) is 11.3 Å². The van der Waals surface area contributed by atoms with Crippen LogP contribution in [0.5, 0.6) is 5.88 Å². The van der Waals surface area contributed by atoms with Gasteiger partial charge in [0.15, 0.2) is 0 Å². The van der Waals surface area contributed by atoms with Gasteiger partial charge >= 0.3 is 0 Å². The summed E-state index contributed by atoms with van der Waals surface area (Å²) in [6.45, 7) is 0.459. The molecule has 6 heteroatoms. The van der Waals surface area contributed by atoms with Gasteiger partial charge in [0.05, 0.1) is 7.11 Å². The van der Waals surface area contributed by atoms with E-state index < -0.39 is 0 Å². The minimum absolute atomic E-state index is 0.00284. The van der Waals surface area contributed by atoms with Gasteiger partial charge in [0.1, 0.15) is 5.56 Å². The average molecular weight is 346 g/mol. The number of nitrogens with zero attached hydrogens (tertiary/aromatic N) is 1. The molecular formula is C18H22N2O3S. The maximum Gasteiger partial charge on any atom is 0.256 e. The number of pyridine rings is 1. The van der Waals surface area contributed by atoms with Gasteiger partial charge in [-0.1, -0.05) is 0 Å². The van der Waals surface area contributed by atoms with Crippen molar-refractivity contribution in [1.82, 2.24) is 10.3 Å². The highest BCUT2D eigenvalue weighted by atomic mass is 32.1. The number of amides is 1. The number of nitrogens with one attached hydrogen (secondary N) is 1. The smallest absolute Gasteiger partial charge is 0.256 e. The molecule has 3 rings (SSSR count). The first-order valence-electron chi connectivity index (χ1n) is 8.18. The molecule has 0 saturated heterocycles. The van der Waals surface area contributed by atoms with Crippen LogP contribution in [0.4, 0.5) is 0 Å². The monoisotopic (exact) mass is 346 g/mol. The van der Waals surface area contributed by atoms with Crippen molar-refractivity contribution in [2.45, 2.75) is 25.7 Å². The normalized spacial score (nSPS) is 14.2. The molecule has 2 N–H and O–H groups in total. The van der Waals surface area contributed by atoms with Crippen molar-refractivity contribution in [3.63, 3.8) is 0 Å². The number of ether oxygens (including phenoxy) is 1. The number of aliphatic hydroxyl groups excluding tert-OH is 1. The molecule has 0 aliphatic heterocycles. The molecule has 0 unspecified atom stereocenters. The summed E-state index contributed by atoms with van der Waals surface area (Å²) in [7, 11) is 1.54. The first-order valence-corrected chi connectivity index (χ1v) is 9.12. The van der Waals surface area contributed by atoms with Crippen molar-refractivity contribution in [1.29, 1.82) is 0 Å². The minimum atomic E-state index is -0.196. The number of hydrogen-bond donors (Lipinski definition) is 2. The van der Waals surface area contributed by atoms with E-state index in [1.807, 2.05) is 17.5 Å². The maximum atomic E-state index is 12.5. The summed E-state index contributed by atoms with van der Waals surface area (Å²) in [6, 6.07) is 3.94. The van der Waals surface area contributed by atoms with Crippen LogP contribution in [0.25, 0.3) is 0 Å². The molecule has 0 fully saturated rings. The molecule has 1 aliphatic rings. The van der Waals surface area contributed by atoms with Crippen molar-refractivity contribution >= 4 is 17.2 Å². The highest BCUT2D eigenvalue weighted by Crippen LogP contribution is 2.26. The van der Waals surface area contributed by atoms with Crippen LogP contribution < -0.4 is 10.1 Å². The number of fused-ring (bicyclic) bond motifs is 1. The van der Waals surface area contributed by atoms with Crippen LogP contribution in [0.1, 0.15) is 33.6 Å². The molecule has 2 heterocycles. The van der Waals surface area contributed by atoms with Gasteiger partial charge in [-0.25, -0.2) is 4.98 Å². The first kappa shape index (κ1) is 16.9. The Labute approximate surface area is 145 Å².